The van der Waals surface area contributed by atoms with Gasteiger partial charge in [0.1, 0.15) is 5.03 Å². The summed E-state index contributed by atoms with van der Waals surface area (Å²) in [6.45, 7) is 1.59. The third-order valence-corrected chi connectivity index (χ3v) is 6.18. The van der Waals surface area contributed by atoms with Gasteiger partial charge in [-0.2, -0.15) is 13.2 Å². The first-order valence-corrected chi connectivity index (χ1v) is 10.5. The number of pyridine rings is 1. The zero-order chi connectivity index (χ0) is 20.9. The second kappa shape index (κ2) is 8.93. The van der Waals surface area contributed by atoms with Crippen LogP contribution in [0.15, 0.2) is 46.5 Å². The SMILES string of the molecule is CCc1ccc(S(=O)(=O)NCCSc2ncccc2C(F)(F)F)cc1C(=O)O.[HH]. The number of aromatic nitrogens is 1. The number of nitrogens with one attached hydrogen (secondary N) is 1. The van der Waals surface area contributed by atoms with E-state index in [1.807, 2.05) is 0 Å². The van der Waals surface area contributed by atoms with E-state index >= 15 is 0 Å². The molecule has 0 aliphatic carbocycles. The molecule has 28 heavy (non-hydrogen) atoms. The highest BCUT2D eigenvalue weighted by Crippen LogP contribution is 2.35. The number of halogens is 3. The topological polar surface area (TPSA) is 96.4 Å². The monoisotopic (exact) mass is 436 g/mol. The summed E-state index contributed by atoms with van der Waals surface area (Å²) in [7, 11) is -4.00. The van der Waals surface area contributed by atoms with Crippen molar-refractivity contribution in [1.82, 2.24) is 9.71 Å². The first-order chi connectivity index (χ1) is 13.1. The molecule has 0 spiro atoms. The molecule has 154 valence electrons. The standard InChI is InChI=1S/C17H17F3N2O4S2.H2/c1-2-11-5-6-12(10-13(11)16(23)24)28(25,26)22-8-9-27-15-14(17(18,19)20)4-3-7-21-15;/h3-7,10,22H,2,8-9H2,1H3,(H,23,24);1H. The Morgan fingerprint density at radius 1 is 1.32 bits per heavy atom. The summed E-state index contributed by atoms with van der Waals surface area (Å²) < 4.78 is 65.7. The van der Waals surface area contributed by atoms with Crippen LogP contribution in [0, 0.1) is 0 Å². The predicted octanol–water partition coefficient (Wildman–Crippen LogP) is 3.68. The van der Waals surface area contributed by atoms with Gasteiger partial charge in [-0.25, -0.2) is 22.9 Å². The van der Waals surface area contributed by atoms with Crippen LogP contribution in [0.2, 0.25) is 0 Å². The number of carbonyl (C=O) groups is 1. The number of nitrogens with zero attached hydrogens (tertiary/aromatic N) is 1. The fraction of sp³-hybridized carbons (Fsp3) is 0.294. The Morgan fingerprint density at radius 3 is 2.64 bits per heavy atom. The Morgan fingerprint density at radius 2 is 2.04 bits per heavy atom. The van der Waals surface area contributed by atoms with Crippen LogP contribution < -0.4 is 4.72 Å². The molecular formula is C17H19F3N2O4S2. The van der Waals surface area contributed by atoms with Crippen molar-refractivity contribution >= 4 is 27.8 Å². The molecule has 2 N–H and O–H groups in total. The van der Waals surface area contributed by atoms with E-state index in [1.165, 1.54) is 24.4 Å². The number of sulfonamides is 1. The van der Waals surface area contributed by atoms with Crippen molar-refractivity contribution in [1.29, 1.82) is 0 Å². The summed E-state index contributed by atoms with van der Waals surface area (Å²) in [5.41, 5.74) is -0.496. The molecule has 0 bridgehead atoms. The molecule has 0 atom stereocenters. The van der Waals surface area contributed by atoms with E-state index in [0.717, 1.165) is 23.9 Å². The third kappa shape index (κ3) is 5.46. The molecule has 0 radical (unpaired) electrons. The van der Waals surface area contributed by atoms with Gasteiger partial charge in [-0.15, -0.1) is 11.8 Å². The minimum atomic E-state index is -4.55. The zero-order valence-electron chi connectivity index (χ0n) is 14.7. The van der Waals surface area contributed by atoms with Crippen LogP contribution in [0.5, 0.6) is 0 Å². The van der Waals surface area contributed by atoms with Gasteiger partial charge in [0.25, 0.3) is 0 Å². The smallest absolute Gasteiger partial charge is 0.419 e. The van der Waals surface area contributed by atoms with Crippen molar-refractivity contribution in [2.24, 2.45) is 0 Å². The van der Waals surface area contributed by atoms with E-state index in [4.69, 9.17) is 0 Å². The molecular weight excluding hydrogens is 417 g/mol. The Kier molecular flexibility index (Phi) is 7.07. The maximum absolute atomic E-state index is 12.9. The lowest BCUT2D eigenvalue weighted by molar-refractivity contribution is -0.140. The Hall–Kier alpha value is -2.11. The number of carboxylic acids is 1. The van der Waals surface area contributed by atoms with Crippen LogP contribution in [0.3, 0.4) is 0 Å². The Balaban J connectivity index is 0.00000420. The van der Waals surface area contributed by atoms with Gasteiger partial charge in [0.15, 0.2) is 0 Å². The van der Waals surface area contributed by atoms with Gasteiger partial charge in [0.05, 0.1) is 16.0 Å². The maximum atomic E-state index is 12.9. The molecule has 1 heterocycles. The predicted molar refractivity (Wildman–Crippen MR) is 100 cm³/mol. The van der Waals surface area contributed by atoms with Crippen molar-refractivity contribution < 1.29 is 32.9 Å². The molecule has 6 nitrogen and oxygen atoms in total. The average Bonchev–Trinajstić information content (AvgIpc) is 2.64. The fourth-order valence-corrected chi connectivity index (χ4v) is 4.42. The van der Waals surface area contributed by atoms with Crippen LogP contribution in [0.4, 0.5) is 13.2 Å². The molecule has 0 fully saturated rings. The average molecular weight is 436 g/mol. The van der Waals surface area contributed by atoms with Gasteiger partial charge in [-0.05, 0) is 36.2 Å². The Bertz CT molecular complexity index is 969. The fourth-order valence-electron chi connectivity index (χ4n) is 2.36. The largest absolute Gasteiger partial charge is 0.478 e. The number of rotatable bonds is 8. The van der Waals surface area contributed by atoms with E-state index in [1.54, 1.807) is 6.92 Å². The van der Waals surface area contributed by atoms with Crippen LogP contribution >= 0.6 is 11.8 Å². The van der Waals surface area contributed by atoms with Gasteiger partial charge in [-0.3, -0.25) is 0 Å². The lowest BCUT2D eigenvalue weighted by Gasteiger charge is -2.12. The number of benzene rings is 1. The molecule has 0 unspecified atom stereocenters. The molecule has 0 aliphatic rings. The van der Waals surface area contributed by atoms with E-state index in [2.05, 4.69) is 9.71 Å². The van der Waals surface area contributed by atoms with Gasteiger partial charge in [-0.1, -0.05) is 13.0 Å². The normalized spacial score (nSPS) is 12.1. The maximum Gasteiger partial charge on any atom is 0.419 e. The highest BCUT2D eigenvalue weighted by molar-refractivity contribution is 7.99. The molecule has 11 heteroatoms. The zero-order valence-corrected chi connectivity index (χ0v) is 16.3. The van der Waals surface area contributed by atoms with E-state index in [9.17, 15) is 31.5 Å². The molecule has 0 saturated carbocycles. The van der Waals surface area contributed by atoms with Crippen LogP contribution in [-0.2, 0) is 22.6 Å². The van der Waals surface area contributed by atoms with Gasteiger partial charge >= 0.3 is 12.1 Å². The summed E-state index contributed by atoms with van der Waals surface area (Å²) in [5, 5.41) is 8.96. The highest BCUT2D eigenvalue weighted by Gasteiger charge is 2.34. The Labute approximate surface area is 165 Å². The van der Waals surface area contributed by atoms with E-state index in [-0.39, 0.29) is 29.2 Å². The van der Waals surface area contributed by atoms with Crippen molar-refractivity contribution in [3.8, 4) is 0 Å². The summed E-state index contributed by atoms with van der Waals surface area (Å²) in [6.07, 6.45) is -2.90. The number of alkyl halides is 3. The number of hydrogen-bond donors (Lipinski definition) is 2. The number of thioether (sulfide) groups is 1. The molecule has 0 aliphatic heterocycles. The highest BCUT2D eigenvalue weighted by atomic mass is 32.2. The van der Waals surface area contributed by atoms with Gasteiger partial charge in [0, 0.05) is 19.9 Å². The molecule has 1 aromatic heterocycles. The molecule has 0 saturated heterocycles. The first kappa shape index (κ1) is 22.2. The first-order valence-electron chi connectivity index (χ1n) is 8.07. The van der Waals surface area contributed by atoms with E-state index < -0.39 is 27.7 Å². The summed E-state index contributed by atoms with van der Waals surface area (Å²) in [6, 6.07) is 5.87. The van der Waals surface area contributed by atoms with Crippen molar-refractivity contribution in [2.75, 3.05) is 12.3 Å². The number of hydrogen-bond acceptors (Lipinski definition) is 5. The third-order valence-electron chi connectivity index (χ3n) is 3.71. The number of aryl methyl sites for hydroxylation is 1. The summed E-state index contributed by atoms with van der Waals surface area (Å²) in [5.74, 6) is -1.22. The molecule has 1 aromatic carbocycles. The van der Waals surface area contributed by atoms with Crippen LogP contribution in [0.25, 0.3) is 0 Å². The molecule has 0 amide bonds. The van der Waals surface area contributed by atoms with Crippen LogP contribution in [-0.4, -0.2) is 36.8 Å². The van der Waals surface area contributed by atoms with Crippen molar-refractivity contribution in [2.45, 2.75) is 29.4 Å². The van der Waals surface area contributed by atoms with Gasteiger partial charge in [0.2, 0.25) is 10.0 Å². The summed E-state index contributed by atoms with van der Waals surface area (Å²) >= 11 is 0.772. The van der Waals surface area contributed by atoms with Crippen LogP contribution in [0.1, 0.15) is 29.8 Å². The molecule has 2 rings (SSSR count). The second-order valence-corrected chi connectivity index (χ2v) is 8.43. The van der Waals surface area contributed by atoms with Crippen molar-refractivity contribution in [3.05, 3.63) is 53.2 Å². The lowest BCUT2D eigenvalue weighted by atomic mass is 10.1. The second-order valence-electron chi connectivity index (χ2n) is 5.58. The lowest BCUT2D eigenvalue weighted by Crippen LogP contribution is -2.26. The number of aromatic carboxylic acids is 1. The summed E-state index contributed by atoms with van der Waals surface area (Å²) in [4.78, 5) is 14.7. The quantitative estimate of drug-likeness (QED) is 0.484. The van der Waals surface area contributed by atoms with Gasteiger partial charge < -0.3 is 5.11 Å². The number of carboxylic acid groups (broad SMARTS) is 1. The molecule has 2 aromatic rings. The minimum Gasteiger partial charge on any atom is -0.478 e. The van der Waals surface area contributed by atoms with Crippen molar-refractivity contribution in [3.63, 3.8) is 0 Å². The minimum absolute atomic E-state index is 0. The van der Waals surface area contributed by atoms with E-state index in [0.29, 0.717) is 12.0 Å².